The van der Waals surface area contributed by atoms with Crippen molar-refractivity contribution in [1.82, 2.24) is 18.7 Å². The maximum Gasteiger partial charge on any atom is 2.00 e. The van der Waals surface area contributed by atoms with Gasteiger partial charge in [-0.1, -0.05) is 218 Å². The van der Waals surface area contributed by atoms with Gasteiger partial charge >= 0.3 is 32.8 Å². The zero-order chi connectivity index (χ0) is 53.2. The Hall–Kier alpha value is -8.20. The molecule has 0 amide bonds. The van der Waals surface area contributed by atoms with Crippen molar-refractivity contribution >= 4 is 50.6 Å². The van der Waals surface area contributed by atoms with Crippen LogP contribution in [0.2, 0.25) is 0 Å². The molecule has 1 aliphatic heterocycles. The summed E-state index contributed by atoms with van der Waals surface area (Å²) in [7, 11) is 0. The topological polar surface area (TPSA) is 33.1 Å². The Kier molecular flexibility index (Phi) is 13.5. The molecule has 0 bridgehead atoms. The third-order valence-corrected chi connectivity index (χ3v) is 14.9. The van der Waals surface area contributed by atoms with E-state index in [0.29, 0.717) is 11.5 Å². The zero-order valence-corrected chi connectivity index (χ0v) is 48.0. The van der Waals surface area contributed by atoms with Crippen molar-refractivity contribution in [2.45, 2.75) is 78.6 Å². The predicted molar refractivity (Wildman–Crippen MR) is 321 cm³/mol. The van der Waals surface area contributed by atoms with Gasteiger partial charge in [-0.25, -0.2) is 4.98 Å². The molecule has 0 fully saturated rings. The second-order valence-electron chi connectivity index (χ2n) is 23.3. The number of aromatic nitrogens is 2. The fourth-order valence-corrected chi connectivity index (χ4v) is 10.7. The van der Waals surface area contributed by atoms with E-state index < -0.39 is 0 Å². The van der Waals surface area contributed by atoms with Crippen molar-refractivity contribution in [1.29, 1.82) is 0 Å². The normalized spacial score (nSPS) is 12.5. The van der Waals surface area contributed by atoms with Crippen molar-refractivity contribution in [3.8, 4) is 61.8 Å². The molecule has 78 heavy (non-hydrogen) atoms. The molecule has 0 spiro atoms. The largest absolute Gasteiger partial charge is 2.00 e. The molecule has 0 saturated carbocycles. The van der Waals surface area contributed by atoms with Crippen molar-refractivity contribution in [2.24, 2.45) is 0 Å². The first-order valence-electron chi connectivity index (χ1n) is 26.7. The number of hydrogen-bond donors (Lipinski definition) is 0. The molecule has 6 heteroatoms. The SMILES string of the molecule is CC(C)(C)c1cc([N+]2=C=[N+](c3[c-]c(Oc4[c-]c5c(cc4)c4cc(-c6ccccc6)ccc4n5-c4cc(C(C)(C)C)ccn4)ccc3)c3cccc(-c4c(-c5ccccc5)cccc4-c4ccccc4)c32)cc(C(C)(C)C)c1.[Pt+2]. The molecule has 5 nitrogen and oxygen atoms in total. The molecule has 12 rings (SSSR count). The molecule has 0 atom stereocenters. The second-order valence-corrected chi connectivity index (χ2v) is 23.3. The quantitative estimate of drug-likeness (QED) is 0.107. The Balaban J connectivity index is 0.00000645. The van der Waals surface area contributed by atoms with Crippen molar-refractivity contribution in [3.63, 3.8) is 0 Å². The van der Waals surface area contributed by atoms with Crippen molar-refractivity contribution in [2.75, 3.05) is 0 Å². The van der Waals surface area contributed by atoms with Crippen LogP contribution in [0, 0.1) is 12.1 Å². The fourth-order valence-electron chi connectivity index (χ4n) is 10.7. The van der Waals surface area contributed by atoms with Crippen LogP contribution in [0.15, 0.2) is 212 Å². The minimum Gasteiger partial charge on any atom is -0.509 e. The molecule has 9 aromatic carbocycles. The van der Waals surface area contributed by atoms with Crippen LogP contribution in [0.5, 0.6) is 11.5 Å². The van der Waals surface area contributed by atoms with Gasteiger partial charge in [0.2, 0.25) is 5.69 Å². The molecule has 0 N–H and O–H groups in total. The van der Waals surface area contributed by atoms with Crippen molar-refractivity contribution in [3.05, 3.63) is 241 Å². The second kappa shape index (κ2) is 20.3. The first-order valence-corrected chi connectivity index (χ1v) is 26.7. The van der Waals surface area contributed by atoms with Crippen LogP contribution >= 0.6 is 0 Å². The van der Waals surface area contributed by atoms with Gasteiger partial charge in [0.25, 0.3) is 5.69 Å². The van der Waals surface area contributed by atoms with E-state index in [9.17, 15) is 0 Å². The first-order chi connectivity index (χ1) is 37.1. The van der Waals surface area contributed by atoms with Crippen LogP contribution in [-0.4, -0.2) is 15.6 Å². The smallest absolute Gasteiger partial charge is 0.509 e. The summed E-state index contributed by atoms with van der Waals surface area (Å²) in [5.41, 5.74) is 18.4. The average Bonchev–Trinajstić information content (AvgIpc) is 4.19. The monoisotopic (exact) mass is 1190 g/mol. The molecule has 0 saturated heterocycles. The fraction of sp³-hybridized carbons (Fsp3) is 0.167. The van der Waals surface area contributed by atoms with Gasteiger partial charge in [-0.3, -0.25) is 0 Å². The molecule has 3 heterocycles. The van der Waals surface area contributed by atoms with E-state index in [1.807, 2.05) is 24.4 Å². The van der Waals surface area contributed by atoms with E-state index in [1.54, 1.807) is 0 Å². The van der Waals surface area contributed by atoms with Gasteiger partial charge in [0.1, 0.15) is 11.5 Å². The predicted octanol–water partition coefficient (Wildman–Crippen LogP) is 19.0. The molecular weight excluding hydrogens is 1130 g/mol. The number of benzene rings is 9. The molecule has 2 aromatic heterocycles. The Bertz CT molecular complexity index is 4060. The van der Waals surface area contributed by atoms with E-state index >= 15 is 0 Å². The van der Waals surface area contributed by atoms with Gasteiger partial charge in [0.15, 0.2) is 0 Å². The van der Waals surface area contributed by atoms with Crippen LogP contribution in [-0.2, 0) is 37.3 Å². The molecule has 0 aliphatic carbocycles. The molecular formula is C72H62N4OPt+2. The number of fused-ring (bicyclic) bond motifs is 4. The number of para-hydroxylation sites is 1. The summed E-state index contributed by atoms with van der Waals surface area (Å²) in [6.45, 7) is 20.5. The number of ether oxygens (including phenoxy) is 1. The summed E-state index contributed by atoms with van der Waals surface area (Å²) in [5, 5.41) is 2.18. The number of pyridine rings is 1. The third-order valence-electron chi connectivity index (χ3n) is 14.9. The van der Waals surface area contributed by atoms with Gasteiger partial charge in [-0.05, 0) is 101 Å². The van der Waals surface area contributed by atoms with Crippen LogP contribution in [0.4, 0.5) is 22.7 Å². The van der Waals surface area contributed by atoms with Gasteiger partial charge in [0, 0.05) is 47.0 Å². The Labute approximate surface area is 473 Å². The summed E-state index contributed by atoms with van der Waals surface area (Å²) in [5.74, 6) is 1.96. The third kappa shape index (κ3) is 9.79. The summed E-state index contributed by atoms with van der Waals surface area (Å²) in [4.78, 5) is 4.97. The van der Waals surface area contributed by atoms with E-state index in [0.717, 1.165) is 89.3 Å². The minimum absolute atomic E-state index is 0. The molecule has 384 valence electrons. The van der Waals surface area contributed by atoms with Gasteiger partial charge < -0.3 is 9.30 Å². The minimum atomic E-state index is -0.107. The van der Waals surface area contributed by atoms with E-state index in [1.165, 1.54) is 22.3 Å². The maximum atomic E-state index is 6.86. The standard InChI is InChI=1S/C72H62N4O.Pt/c1-70(2,3)52-38-39-73-67(44-52)76-64-37-34-51(48-22-13-10-14-23-48)40-63(64)61-36-35-58(46-66(61)76)77-57-29-19-28-55(45-57)74-47-75(56-42-53(71(4,5)6)41-54(43-56)72(7,8)9)69-62(32-21-33-65(69)74)68-59(49-24-15-11-16-25-49)30-20-31-60(68)50-26-17-12-18-27-50;/h10-44H,1-9H3;/q;+2. The summed E-state index contributed by atoms with van der Waals surface area (Å²) >= 11 is 0. The number of nitrogens with zero attached hydrogens (tertiary/aromatic N) is 4. The van der Waals surface area contributed by atoms with Gasteiger partial charge in [-0.15, -0.1) is 23.6 Å². The summed E-state index contributed by atoms with van der Waals surface area (Å²) < 4.78 is 13.5. The van der Waals surface area contributed by atoms with Crippen molar-refractivity contribution < 1.29 is 25.8 Å². The van der Waals surface area contributed by atoms with Gasteiger partial charge in [-0.2, -0.15) is 12.1 Å². The van der Waals surface area contributed by atoms with Crippen LogP contribution < -0.4 is 13.9 Å². The van der Waals surface area contributed by atoms with E-state index in [-0.39, 0.29) is 37.3 Å². The number of hydrogen-bond acceptors (Lipinski definition) is 2. The Morgan fingerprint density at radius 3 is 1.67 bits per heavy atom. The molecule has 0 unspecified atom stereocenters. The Morgan fingerprint density at radius 1 is 0.462 bits per heavy atom. The van der Waals surface area contributed by atoms with Crippen LogP contribution in [0.3, 0.4) is 0 Å². The van der Waals surface area contributed by atoms with Crippen LogP contribution in [0.1, 0.15) is 79.0 Å². The Morgan fingerprint density at radius 2 is 1.04 bits per heavy atom. The average molecular weight is 1190 g/mol. The van der Waals surface area contributed by atoms with Crippen LogP contribution in [0.25, 0.3) is 72.1 Å². The zero-order valence-electron chi connectivity index (χ0n) is 45.7. The molecule has 11 aromatic rings. The summed E-state index contributed by atoms with van der Waals surface area (Å²) in [6, 6.07) is 85.0. The summed E-state index contributed by atoms with van der Waals surface area (Å²) in [6.07, 6.45) is 1.91. The van der Waals surface area contributed by atoms with E-state index in [2.05, 4.69) is 282 Å². The maximum absolute atomic E-state index is 6.86. The van der Waals surface area contributed by atoms with Gasteiger partial charge in [0.05, 0.1) is 5.56 Å². The first kappa shape index (κ1) is 51.9. The number of rotatable bonds is 9. The molecule has 1 aliphatic rings. The van der Waals surface area contributed by atoms with E-state index in [4.69, 9.17) is 9.72 Å². The molecule has 0 radical (unpaired) electrons.